The van der Waals surface area contributed by atoms with Gasteiger partial charge in [-0.3, -0.25) is 4.79 Å². The fourth-order valence-electron chi connectivity index (χ4n) is 3.76. The molecule has 0 radical (unpaired) electrons. The third kappa shape index (κ3) is 3.04. The fraction of sp³-hybridized carbons (Fsp3) is 0.208. The zero-order valence-electron chi connectivity index (χ0n) is 16.0. The summed E-state index contributed by atoms with van der Waals surface area (Å²) in [5.41, 5.74) is 1.53. The lowest BCUT2D eigenvalue weighted by Crippen LogP contribution is -2.37. The number of carbonyl (C=O) groups excluding carboxylic acids is 1. The lowest BCUT2D eigenvalue weighted by molar-refractivity contribution is 0.0755. The molecule has 146 valence electrons. The predicted octanol–water partition coefficient (Wildman–Crippen LogP) is 4.36. The van der Waals surface area contributed by atoms with E-state index in [4.69, 9.17) is 18.9 Å². The highest BCUT2D eigenvalue weighted by atomic mass is 16.6. The largest absolute Gasteiger partial charge is 0.493 e. The second kappa shape index (κ2) is 6.94. The van der Waals surface area contributed by atoms with Gasteiger partial charge in [-0.25, -0.2) is 0 Å². The zero-order chi connectivity index (χ0) is 19.8. The quantitative estimate of drug-likeness (QED) is 0.608. The molecule has 0 aliphatic carbocycles. The van der Waals surface area contributed by atoms with Crippen LogP contribution in [0.15, 0.2) is 72.8 Å². The summed E-state index contributed by atoms with van der Waals surface area (Å²) < 4.78 is 23.2. The van der Waals surface area contributed by atoms with E-state index in [1.54, 1.807) is 19.2 Å². The minimum atomic E-state index is -0.959. The Morgan fingerprint density at radius 2 is 1.79 bits per heavy atom. The minimum absolute atomic E-state index is 0.0353. The molecule has 0 aromatic heterocycles. The van der Waals surface area contributed by atoms with Crippen molar-refractivity contribution in [3.05, 3.63) is 89.5 Å². The Bertz CT molecular complexity index is 1060. The van der Waals surface area contributed by atoms with E-state index in [1.165, 1.54) is 0 Å². The molecular weight excluding hydrogens is 368 g/mol. The summed E-state index contributed by atoms with van der Waals surface area (Å²) in [6.07, 6.45) is -0.367. The number of Topliss-reactive ketones (excluding diaryl/α,β-unsaturated/α-hetero) is 1. The van der Waals surface area contributed by atoms with Crippen molar-refractivity contribution >= 4 is 5.78 Å². The van der Waals surface area contributed by atoms with Gasteiger partial charge in [0.25, 0.3) is 0 Å². The number of carbonyl (C=O) groups is 1. The van der Waals surface area contributed by atoms with Crippen LogP contribution in [0.25, 0.3) is 0 Å². The molecule has 2 aliphatic heterocycles. The van der Waals surface area contributed by atoms with Gasteiger partial charge in [0.1, 0.15) is 25.1 Å². The highest BCUT2D eigenvalue weighted by molar-refractivity contribution is 6.07. The van der Waals surface area contributed by atoms with E-state index in [0.29, 0.717) is 29.4 Å². The number of ketones is 1. The molecule has 0 saturated carbocycles. The van der Waals surface area contributed by atoms with Crippen molar-refractivity contribution in [2.24, 2.45) is 0 Å². The van der Waals surface area contributed by atoms with Crippen molar-refractivity contribution in [3.63, 3.8) is 0 Å². The molecule has 5 nitrogen and oxygen atoms in total. The Morgan fingerprint density at radius 1 is 1.00 bits per heavy atom. The van der Waals surface area contributed by atoms with Crippen LogP contribution in [0, 0.1) is 0 Å². The van der Waals surface area contributed by atoms with Crippen LogP contribution in [0.3, 0.4) is 0 Å². The molecule has 1 spiro atoms. The van der Waals surface area contributed by atoms with E-state index in [1.807, 2.05) is 60.7 Å². The number of methoxy groups -OCH3 is 1. The first kappa shape index (κ1) is 17.8. The number of benzene rings is 3. The summed E-state index contributed by atoms with van der Waals surface area (Å²) in [5, 5.41) is 0. The van der Waals surface area contributed by atoms with Crippen molar-refractivity contribution in [2.75, 3.05) is 13.7 Å². The van der Waals surface area contributed by atoms with Crippen molar-refractivity contribution in [1.82, 2.24) is 0 Å². The first-order valence-corrected chi connectivity index (χ1v) is 9.50. The second-order valence-corrected chi connectivity index (χ2v) is 7.19. The topological polar surface area (TPSA) is 57.3 Å². The van der Waals surface area contributed by atoms with Gasteiger partial charge in [-0.2, -0.15) is 0 Å². The maximum Gasteiger partial charge on any atom is 0.205 e. The van der Waals surface area contributed by atoms with Crippen molar-refractivity contribution in [1.29, 1.82) is 0 Å². The molecule has 29 heavy (non-hydrogen) atoms. The Kier molecular flexibility index (Phi) is 4.25. The molecular formula is C24H20O5. The summed E-state index contributed by atoms with van der Waals surface area (Å²) in [6, 6.07) is 22.8. The first-order valence-electron chi connectivity index (χ1n) is 9.50. The fourth-order valence-corrected chi connectivity index (χ4v) is 3.76. The van der Waals surface area contributed by atoms with Gasteiger partial charge in [0.2, 0.25) is 5.78 Å². The number of hydrogen-bond donors (Lipinski definition) is 0. The Morgan fingerprint density at radius 3 is 2.62 bits per heavy atom. The molecule has 2 aliphatic rings. The molecule has 2 atom stereocenters. The molecule has 0 N–H and O–H groups in total. The van der Waals surface area contributed by atoms with Gasteiger partial charge in [0.05, 0.1) is 12.7 Å². The van der Waals surface area contributed by atoms with Gasteiger partial charge < -0.3 is 18.9 Å². The average molecular weight is 388 g/mol. The summed E-state index contributed by atoms with van der Waals surface area (Å²) in [6.45, 7) is 0.631. The smallest absolute Gasteiger partial charge is 0.205 e. The number of ether oxygens (including phenoxy) is 4. The molecule has 2 heterocycles. The van der Waals surface area contributed by atoms with E-state index in [0.717, 1.165) is 11.1 Å². The van der Waals surface area contributed by atoms with E-state index < -0.39 is 5.60 Å². The van der Waals surface area contributed by atoms with Crippen molar-refractivity contribution in [2.45, 2.75) is 18.3 Å². The third-order valence-electron chi connectivity index (χ3n) is 5.38. The van der Waals surface area contributed by atoms with Gasteiger partial charge in [0, 0.05) is 0 Å². The molecule has 5 heteroatoms. The number of rotatable bonds is 5. The lowest BCUT2D eigenvalue weighted by Gasteiger charge is -2.22. The van der Waals surface area contributed by atoms with Gasteiger partial charge >= 0.3 is 0 Å². The normalized spacial score (nSPS) is 22.0. The molecule has 1 fully saturated rings. The second-order valence-electron chi connectivity index (χ2n) is 7.19. The van der Waals surface area contributed by atoms with Crippen LogP contribution in [0.5, 0.6) is 17.2 Å². The highest BCUT2D eigenvalue weighted by Crippen LogP contribution is 2.55. The maximum atomic E-state index is 13.0. The number of epoxide rings is 1. The first-order chi connectivity index (χ1) is 14.2. The van der Waals surface area contributed by atoms with Crippen LogP contribution < -0.4 is 14.2 Å². The summed E-state index contributed by atoms with van der Waals surface area (Å²) in [5.74, 6) is 1.82. The van der Waals surface area contributed by atoms with E-state index >= 15 is 0 Å². The molecule has 2 unspecified atom stereocenters. The lowest BCUT2D eigenvalue weighted by atomic mass is 9.89. The monoisotopic (exact) mass is 388 g/mol. The SMILES string of the molecule is COc1ccc(C2OC23COc2ccccc2C3=O)cc1OCc1ccccc1. The summed E-state index contributed by atoms with van der Waals surface area (Å²) >= 11 is 0. The zero-order valence-corrected chi connectivity index (χ0v) is 16.0. The summed E-state index contributed by atoms with van der Waals surface area (Å²) in [4.78, 5) is 13.0. The Hall–Kier alpha value is -3.31. The Labute approximate surface area is 168 Å². The van der Waals surface area contributed by atoms with Crippen LogP contribution in [-0.2, 0) is 11.3 Å². The predicted molar refractivity (Wildman–Crippen MR) is 107 cm³/mol. The van der Waals surface area contributed by atoms with Crippen LogP contribution >= 0.6 is 0 Å². The van der Waals surface area contributed by atoms with Crippen LogP contribution in [-0.4, -0.2) is 25.1 Å². The molecule has 0 amide bonds. The number of fused-ring (bicyclic) bond motifs is 1. The van der Waals surface area contributed by atoms with E-state index in [2.05, 4.69) is 0 Å². The van der Waals surface area contributed by atoms with Crippen molar-refractivity contribution < 1.29 is 23.7 Å². The standard InChI is InChI=1S/C24H20O5/c1-26-20-12-11-17(13-21(20)27-14-16-7-3-2-4-8-16)23-24(29-23)15-28-19-10-6-5-9-18(19)22(24)25/h2-13,23H,14-15H2,1H3. The summed E-state index contributed by atoms with van der Waals surface area (Å²) in [7, 11) is 1.61. The van der Waals surface area contributed by atoms with Gasteiger partial charge in [-0.15, -0.1) is 0 Å². The third-order valence-corrected chi connectivity index (χ3v) is 5.38. The highest BCUT2D eigenvalue weighted by Gasteiger charge is 2.65. The average Bonchev–Trinajstić information content (AvgIpc) is 3.51. The van der Waals surface area contributed by atoms with E-state index in [9.17, 15) is 4.79 Å². The van der Waals surface area contributed by atoms with Crippen molar-refractivity contribution in [3.8, 4) is 17.2 Å². The molecule has 1 saturated heterocycles. The molecule has 3 aromatic rings. The molecule has 0 bridgehead atoms. The number of para-hydroxylation sites is 1. The number of hydrogen-bond acceptors (Lipinski definition) is 5. The van der Waals surface area contributed by atoms with E-state index in [-0.39, 0.29) is 18.5 Å². The van der Waals surface area contributed by atoms with Crippen LogP contribution in [0.2, 0.25) is 0 Å². The molecule has 3 aromatic carbocycles. The minimum Gasteiger partial charge on any atom is -0.493 e. The van der Waals surface area contributed by atoms with Gasteiger partial charge in [-0.05, 0) is 35.4 Å². The Balaban J connectivity index is 1.39. The van der Waals surface area contributed by atoms with Crippen LogP contribution in [0.4, 0.5) is 0 Å². The van der Waals surface area contributed by atoms with Gasteiger partial charge in [0.15, 0.2) is 17.1 Å². The van der Waals surface area contributed by atoms with Gasteiger partial charge in [-0.1, -0.05) is 48.5 Å². The maximum absolute atomic E-state index is 13.0. The molecule has 5 rings (SSSR count). The van der Waals surface area contributed by atoms with Crippen LogP contribution in [0.1, 0.15) is 27.6 Å².